The van der Waals surface area contributed by atoms with Crippen LogP contribution in [0.2, 0.25) is 0 Å². The van der Waals surface area contributed by atoms with E-state index in [-0.39, 0.29) is 10.8 Å². The predicted molar refractivity (Wildman–Crippen MR) is 91.2 cm³/mol. The van der Waals surface area contributed by atoms with Crippen molar-refractivity contribution < 1.29 is 0 Å². The van der Waals surface area contributed by atoms with E-state index in [1.165, 1.54) is 24.0 Å². The molecule has 0 bridgehead atoms. The number of unbranched alkanes of at least 4 members (excludes halogenated alkanes) is 1. The van der Waals surface area contributed by atoms with Crippen LogP contribution < -0.4 is 0 Å². The Morgan fingerprint density at radius 2 is 1.60 bits per heavy atom. The summed E-state index contributed by atoms with van der Waals surface area (Å²) >= 11 is 0. The van der Waals surface area contributed by atoms with Gasteiger partial charge in [-0.25, -0.2) is 0 Å². The van der Waals surface area contributed by atoms with Crippen molar-refractivity contribution in [3.63, 3.8) is 0 Å². The second kappa shape index (κ2) is 6.92. The lowest BCUT2D eigenvalue weighted by molar-refractivity contribution is 0.595. The Hall–Kier alpha value is -1.30. The Morgan fingerprint density at radius 1 is 0.950 bits per heavy atom. The Bertz CT molecular complexity index is 473. The van der Waals surface area contributed by atoms with E-state index in [1.807, 2.05) is 0 Å². The highest BCUT2D eigenvalue weighted by Crippen LogP contribution is 2.30. The maximum atomic E-state index is 2.35. The third kappa shape index (κ3) is 5.00. The first-order chi connectivity index (χ1) is 9.28. The number of rotatable bonds is 6. The van der Waals surface area contributed by atoms with Crippen LogP contribution in [0.15, 0.2) is 48.6 Å². The van der Waals surface area contributed by atoms with Crippen LogP contribution in [0, 0.1) is 12.3 Å². The normalized spacial score (nSPS) is 13.5. The van der Waals surface area contributed by atoms with Crippen molar-refractivity contribution in [1.29, 1.82) is 0 Å². The lowest BCUT2D eigenvalue weighted by atomic mass is 9.79. The zero-order valence-corrected chi connectivity index (χ0v) is 14.0. The first kappa shape index (κ1) is 16.8. The summed E-state index contributed by atoms with van der Waals surface area (Å²) in [6.45, 7) is 13.5. The van der Waals surface area contributed by atoms with Crippen LogP contribution in [-0.4, -0.2) is 0 Å². The number of hydrogen-bond donors (Lipinski definition) is 0. The first-order valence-electron chi connectivity index (χ1n) is 7.73. The van der Waals surface area contributed by atoms with E-state index in [4.69, 9.17) is 0 Å². The van der Waals surface area contributed by atoms with Crippen molar-refractivity contribution >= 4 is 0 Å². The van der Waals surface area contributed by atoms with Crippen molar-refractivity contribution in [2.45, 2.75) is 59.8 Å². The number of hydrogen-bond acceptors (Lipinski definition) is 0. The quantitative estimate of drug-likeness (QED) is 0.539. The molecule has 0 spiro atoms. The van der Waals surface area contributed by atoms with E-state index < -0.39 is 0 Å². The van der Waals surface area contributed by atoms with Crippen molar-refractivity contribution in [1.82, 2.24) is 0 Å². The van der Waals surface area contributed by atoms with Gasteiger partial charge >= 0.3 is 0 Å². The lowest BCUT2D eigenvalue weighted by Gasteiger charge is -2.25. The number of aryl methyl sites for hydroxylation is 1. The average Bonchev–Trinajstić information content (AvgIpc) is 2.37. The smallest absolute Gasteiger partial charge is 0.00782 e. The number of benzene rings is 1. The van der Waals surface area contributed by atoms with Crippen LogP contribution >= 0.6 is 0 Å². The minimum absolute atomic E-state index is 0.0706. The molecule has 1 rings (SSSR count). The molecule has 1 aromatic carbocycles. The SMILES string of the molecule is CCC/C=C/C(C)(C)/C=C\C(C)(C)c1ccccc1C. The fourth-order valence-corrected chi connectivity index (χ4v) is 2.42. The summed E-state index contributed by atoms with van der Waals surface area (Å²) < 4.78 is 0. The van der Waals surface area contributed by atoms with Gasteiger partial charge in [0.15, 0.2) is 0 Å². The van der Waals surface area contributed by atoms with Gasteiger partial charge in [-0.15, -0.1) is 0 Å². The molecule has 1 aromatic rings. The summed E-state index contributed by atoms with van der Waals surface area (Å²) in [4.78, 5) is 0. The minimum atomic E-state index is 0.0706. The molecule has 0 heteroatoms. The largest absolute Gasteiger partial charge is 0.0877 e. The maximum Gasteiger partial charge on any atom is 0.00782 e. The lowest BCUT2D eigenvalue weighted by Crippen LogP contribution is -2.16. The third-order valence-electron chi connectivity index (χ3n) is 3.77. The molecule has 0 atom stereocenters. The van der Waals surface area contributed by atoms with Gasteiger partial charge in [0.05, 0.1) is 0 Å². The molecule has 0 nitrogen and oxygen atoms in total. The summed E-state index contributed by atoms with van der Waals surface area (Å²) in [6.07, 6.45) is 11.7. The minimum Gasteiger partial charge on any atom is -0.0877 e. The average molecular weight is 270 g/mol. The molecule has 0 aliphatic carbocycles. The third-order valence-corrected chi connectivity index (χ3v) is 3.77. The van der Waals surface area contributed by atoms with E-state index >= 15 is 0 Å². The van der Waals surface area contributed by atoms with Gasteiger partial charge in [-0.05, 0) is 24.5 Å². The van der Waals surface area contributed by atoms with Gasteiger partial charge in [0, 0.05) is 10.8 Å². The summed E-state index contributed by atoms with van der Waals surface area (Å²) in [5.41, 5.74) is 2.96. The van der Waals surface area contributed by atoms with Crippen LogP contribution in [0.1, 0.15) is 58.6 Å². The fraction of sp³-hybridized carbons (Fsp3) is 0.500. The van der Waals surface area contributed by atoms with Crippen LogP contribution in [0.25, 0.3) is 0 Å². The monoisotopic (exact) mass is 270 g/mol. The zero-order valence-electron chi connectivity index (χ0n) is 14.0. The van der Waals surface area contributed by atoms with Crippen LogP contribution in [0.4, 0.5) is 0 Å². The molecule has 0 aliphatic rings. The molecule has 0 saturated carbocycles. The van der Waals surface area contributed by atoms with Crippen molar-refractivity contribution in [2.75, 3.05) is 0 Å². The van der Waals surface area contributed by atoms with Crippen molar-refractivity contribution in [3.8, 4) is 0 Å². The van der Waals surface area contributed by atoms with E-state index in [2.05, 4.69) is 90.1 Å². The highest BCUT2D eigenvalue weighted by atomic mass is 14.2. The second-order valence-electron chi connectivity index (χ2n) is 6.88. The molecule has 0 aromatic heterocycles. The molecule has 0 N–H and O–H groups in total. The summed E-state index contributed by atoms with van der Waals surface area (Å²) in [5, 5.41) is 0. The van der Waals surface area contributed by atoms with E-state index in [0.717, 1.165) is 0 Å². The van der Waals surface area contributed by atoms with Gasteiger partial charge in [-0.2, -0.15) is 0 Å². The van der Waals surface area contributed by atoms with Crippen LogP contribution in [0.5, 0.6) is 0 Å². The van der Waals surface area contributed by atoms with Gasteiger partial charge in [0.2, 0.25) is 0 Å². The Morgan fingerprint density at radius 3 is 2.20 bits per heavy atom. The molecule has 0 amide bonds. The topological polar surface area (TPSA) is 0 Å². The van der Waals surface area contributed by atoms with Gasteiger partial charge in [0.1, 0.15) is 0 Å². The zero-order chi connectivity index (χ0) is 15.2. The number of allylic oxidation sites excluding steroid dienone is 4. The summed E-state index contributed by atoms with van der Waals surface area (Å²) in [6, 6.07) is 8.66. The molecule has 110 valence electrons. The molecular weight excluding hydrogens is 240 g/mol. The van der Waals surface area contributed by atoms with Crippen LogP contribution in [0.3, 0.4) is 0 Å². The van der Waals surface area contributed by atoms with Gasteiger partial charge in [0.25, 0.3) is 0 Å². The molecule has 0 radical (unpaired) electrons. The Balaban J connectivity index is 2.90. The van der Waals surface area contributed by atoms with E-state index in [1.54, 1.807) is 0 Å². The molecule has 0 aliphatic heterocycles. The highest BCUT2D eigenvalue weighted by Gasteiger charge is 2.20. The molecule has 0 unspecified atom stereocenters. The summed E-state index contributed by atoms with van der Waals surface area (Å²) in [7, 11) is 0. The molecule has 0 saturated heterocycles. The molecular formula is C20H30. The molecule has 20 heavy (non-hydrogen) atoms. The van der Waals surface area contributed by atoms with Gasteiger partial charge < -0.3 is 0 Å². The van der Waals surface area contributed by atoms with E-state index in [0.29, 0.717) is 0 Å². The first-order valence-corrected chi connectivity index (χ1v) is 7.73. The second-order valence-corrected chi connectivity index (χ2v) is 6.88. The van der Waals surface area contributed by atoms with Crippen molar-refractivity contribution in [2.24, 2.45) is 5.41 Å². The van der Waals surface area contributed by atoms with Gasteiger partial charge in [-0.1, -0.05) is 89.6 Å². The highest BCUT2D eigenvalue weighted by molar-refractivity contribution is 5.36. The van der Waals surface area contributed by atoms with Gasteiger partial charge in [-0.3, -0.25) is 0 Å². The van der Waals surface area contributed by atoms with E-state index in [9.17, 15) is 0 Å². The Labute approximate surface area is 125 Å². The molecule has 0 heterocycles. The van der Waals surface area contributed by atoms with Crippen LogP contribution in [-0.2, 0) is 5.41 Å². The predicted octanol–water partition coefficient (Wildman–Crippen LogP) is 6.21. The van der Waals surface area contributed by atoms with Crippen molar-refractivity contribution in [3.05, 3.63) is 59.7 Å². The summed E-state index contributed by atoms with van der Waals surface area (Å²) in [5.74, 6) is 0. The maximum absolute atomic E-state index is 2.35. The standard InChI is InChI=1S/C20H30/c1-7-8-11-14-19(3,4)15-16-20(5,6)18-13-10-9-12-17(18)2/h9-16H,7-8H2,1-6H3/b14-11+,16-15-. The fourth-order valence-electron chi connectivity index (χ4n) is 2.42. The Kier molecular flexibility index (Phi) is 5.80. The molecule has 0 fully saturated rings.